The predicted octanol–water partition coefficient (Wildman–Crippen LogP) is 3.28. The average Bonchev–Trinajstić information content (AvgIpc) is 2.93. The third kappa shape index (κ3) is 2.68. The molecular weight excluding hydrogens is 282 g/mol. The van der Waals surface area contributed by atoms with Crippen molar-refractivity contribution in [3.63, 3.8) is 0 Å². The Labute approximate surface area is 126 Å². The summed E-state index contributed by atoms with van der Waals surface area (Å²) in [4.78, 5) is 21.7. The van der Waals surface area contributed by atoms with E-state index < -0.39 is 5.91 Å². The maximum absolute atomic E-state index is 11.7. The minimum Gasteiger partial charge on any atom is -0.365 e. The highest BCUT2D eigenvalue weighted by atomic mass is 32.1. The number of thiophene rings is 1. The first kappa shape index (κ1) is 13.5. The molecule has 0 spiro atoms. The van der Waals surface area contributed by atoms with Crippen LogP contribution in [-0.2, 0) is 0 Å². The first-order valence-electron chi connectivity index (χ1n) is 6.43. The lowest BCUT2D eigenvalue weighted by Gasteiger charge is -1.98. The SMILES string of the molecule is Cc1cc(-c2cc(-c3ccccn3)c(C(N)=O)s2)ccn1. The van der Waals surface area contributed by atoms with Crippen LogP contribution in [0.15, 0.2) is 48.8 Å². The molecule has 0 saturated heterocycles. The van der Waals surface area contributed by atoms with E-state index in [4.69, 9.17) is 5.73 Å². The van der Waals surface area contributed by atoms with Crippen LogP contribution in [0.1, 0.15) is 15.4 Å². The van der Waals surface area contributed by atoms with Gasteiger partial charge in [0.25, 0.3) is 5.91 Å². The molecule has 5 heteroatoms. The van der Waals surface area contributed by atoms with E-state index in [1.165, 1.54) is 11.3 Å². The van der Waals surface area contributed by atoms with Crippen molar-refractivity contribution < 1.29 is 4.79 Å². The zero-order chi connectivity index (χ0) is 14.8. The van der Waals surface area contributed by atoms with Crippen LogP contribution in [0.25, 0.3) is 21.7 Å². The van der Waals surface area contributed by atoms with E-state index in [9.17, 15) is 4.79 Å². The fraction of sp³-hybridized carbons (Fsp3) is 0.0625. The van der Waals surface area contributed by atoms with E-state index in [-0.39, 0.29) is 0 Å². The number of carbonyl (C=O) groups is 1. The van der Waals surface area contributed by atoms with Gasteiger partial charge in [0.1, 0.15) is 4.88 Å². The molecule has 0 aromatic carbocycles. The number of amides is 1. The number of hydrogen-bond donors (Lipinski definition) is 1. The van der Waals surface area contributed by atoms with Crippen molar-refractivity contribution in [3.05, 3.63) is 59.4 Å². The van der Waals surface area contributed by atoms with Crippen LogP contribution in [0.5, 0.6) is 0 Å². The first-order valence-corrected chi connectivity index (χ1v) is 7.25. The molecule has 0 bridgehead atoms. The Bertz CT molecular complexity index is 796. The molecule has 21 heavy (non-hydrogen) atoms. The van der Waals surface area contributed by atoms with E-state index in [2.05, 4.69) is 9.97 Å². The van der Waals surface area contributed by atoms with Gasteiger partial charge in [0.15, 0.2) is 0 Å². The van der Waals surface area contributed by atoms with Crippen LogP contribution in [0, 0.1) is 6.92 Å². The second kappa shape index (κ2) is 5.46. The highest BCUT2D eigenvalue weighted by molar-refractivity contribution is 7.18. The van der Waals surface area contributed by atoms with Gasteiger partial charge < -0.3 is 5.73 Å². The monoisotopic (exact) mass is 295 g/mol. The number of nitrogens with two attached hydrogens (primary N) is 1. The fourth-order valence-electron chi connectivity index (χ4n) is 2.13. The summed E-state index contributed by atoms with van der Waals surface area (Å²) in [5, 5.41) is 0. The molecule has 0 unspecified atom stereocenters. The minimum absolute atomic E-state index is 0.433. The molecule has 2 N–H and O–H groups in total. The smallest absolute Gasteiger partial charge is 0.259 e. The number of aromatic nitrogens is 2. The quantitative estimate of drug-likeness (QED) is 0.806. The van der Waals surface area contributed by atoms with Crippen molar-refractivity contribution in [3.8, 4) is 21.7 Å². The highest BCUT2D eigenvalue weighted by Crippen LogP contribution is 2.36. The number of primary amides is 1. The molecule has 4 nitrogen and oxygen atoms in total. The van der Waals surface area contributed by atoms with Gasteiger partial charge in [-0.3, -0.25) is 14.8 Å². The zero-order valence-corrected chi connectivity index (χ0v) is 12.2. The Morgan fingerprint density at radius 3 is 2.67 bits per heavy atom. The molecule has 0 aliphatic heterocycles. The van der Waals surface area contributed by atoms with Crippen molar-refractivity contribution in [2.45, 2.75) is 6.92 Å². The molecule has 1 amide bonds. The van der Waals surface area contributed by atoms with Gasteiger partial charge in [-0.05, 0) is 42.8 Å². The van der Waals surface area contributed by atoms with Crippen LogP contribution in [-0.4, -0.2) is 15.9 Å². The van der Waals surface area contributed by atoms with Crippen molar-refractivity contribution in [1.29, 1.82) is 0 Å². The molecule has 0 saturated carbocycles. The first-order chi connectivity index (χ1) is 10.1. The van der Waals surface area contributed by atoms with Gasteiger partial charge in [-0.25, -0.2) is 0 Å². The normalized spacial score (nSPS) is 10.5. The molecule has 0 radical (unpaired) electrons. The van der Waals surface area contributed by atoms with Crippen LogP contribution in [0.4, 0.5) is 0 Å². The third-order valence-electron chi connectivity index (χ3n) is 3.08. The number of carbonyl (C=O) groups excluding carboxylic acids is 1. The van der Waals surface area contributed by atoms with Crippen molar-refractivity contribution >= 4 is 17.2 Å². The standard InChI is InChI=1S/C16H13N3OS/c1-10-8-11(5-7-18-10)14-9-12(15(21-14)16(17)20)13-4-2-3-6-19-13/h2-9H,1H3,(H2,17,20). The summed E-state index contributed by atoms with van der Waals surface area (Å²) in [7, 11) is 0. The van der Waals surface area contributed by atoms with Crippen LogP contribution < -0.4 is 5.73 Å². The molecule has 0 aliphatic carbocycles. The summed E-state index contributed by atoms with van der Waals surface area (Å²) in [6, 6.07) is 11.5. The predicted molar refractivity (Wildman–Crippen MR) is 84.0 cm³/mol. The largest absolute Gasteiger partial charge is 0.365 e. The number of nitrogens with zero attached hydrogens (tertiary/aromatic N) is 2. The highest BCUT2D eigenvalue weighted by Gasteiger charge is 2.17. The summed E-state index contributed by atoms with van der Waals surface area (Å²) in [5.41, 5.74) is 8.99. The Kier molecular flexibility index (Phi) is 3.50. The second-order valence-electron chi connectivity index (χ2n) is 4.62. The van der Waals surface area contributed by atoms with Gasteiger partial charge in [-0.15, -0.1) is 11.3 Å². The third-order valence-corrected chi connectivity index (χ3v) is 4.28. The number of hydrogen-bond acceptors (Lipinski definition) is 4. The van der Waals surface area contributed by atoms with Gasteiger partial charge in [-0.1, -0.05) is 6.07 Å². The van der Waals surface area contributed by atoms with Gasteiger partial charge >= 0.3 is 0 Å². The van der Waals surface area contributed by atoms with Crippen molar-refractivity contribution in [2.24, 2.45) is 5.73 Å². The molecule has 0 atom stereocenters. The average molecular weight is 295 g/mol. The molecule has 104 valence electrons. The zero-order valence-electron chi connectivity index (χ0n) is 11.4. The number of pyridine rings is 2. The summed E-state index contributed by atoms with van der Waals surface area (Å²) in [5.74, 6) is -0.433. The molecular formula is C16H13N3OS. The van der Waals surface area contributed by atoms with E-state index in [1.807, 2.05) is 43.3 Å². The van der Waals surface area contributed by atoms with E-state index >= 15 is 0 Å². The number of aryl methyl sites for hydroxylation is 1. The fourth-order valence-corrected chi connectivity index (χ4v) is 3.14. The summed E-state index contributed by atoms with van der Waals surface area (Å²) >= 11 is 1.38. The Morgan fingerprint density at radius 1 is 1.14 bits per heavy atom. The van der Waals surface area contributed by atoms with Gasteiger partial charge in [-0.2, -0.15) is 0 Å². The maximum atomic E-state index is 11.7. The van der Waals surface area contributed by atoms with E-state index in [0.717, 1.165) is 27.4 Å². The summed E-state index contributed by atoms with van der Waals surface area (Å²) < 4.78 is 0. The van der Waals surface area contributed by atoms with Crippen LogP contribution in [0.3, 0.4) is 0 Å². The number of rotatable bonds is 3. The Morgan fingerprint density at radius 2 is 2.00 bits per heavy atom. The van der Waals surface area contributed by atoms with Gasteiger partial charge in [0, 0.05) is 28.5 Å². The molecule has 3 heterocycles. The summed E-state index contributed by atoms with van der Waals surface area (Å²) in [6.45, 7) is 1.94. The molecule has 0 aliphatic rings. The van der Waals surface area contributed by atoms with E-state index in [0.29, 0.717) is 4.88 Å². The Hall–Kier alpha value is -2.53. The lowest BCUT2D eigenvalue weighted by molar-refractivity contribution is 0.100. The summed E-state index contributed by atoms with van der Waals surface area (Å²) in [6.07, 6.45) is 3.46. The van der Waals surface area contributed by atoms with Crippen molar-refractivity contribution in [1.82, 2.24) is 9.97 Å². The topological polar surface area (TPSA) is 68.9 Å². The van der Waals surface area contributed by atoms with Gasteiger partial charge in [0.05, 0.1) is 5.69 Å². The van der Waals surface area contributed by atoms with Crippen LogP contribution in [0.2, 0.25) is 0 Å². The van der Waals surface area contributed by atoms with Crippen molar-refractivity contribution in [2.75, 3.05) is 0 Å². The maximum Gasteiger partial charge on any atom is 0.259 e. The molecule has 0 fully saturated rings. The van der Waals surface area contributed by atoms with Crippen LogP contribution >= 0.6 is 11.3 Å². The molecule has 3 aromatic rings. The Balaban J connectivity index is 2.15. The minimum atomic E-state index is -0.433. The second-order valence-corrected chi connectivity index (χ2v) is 5.67. The van der Waals surface area contributed by atoms with Gasteiger partial charge in [0.2, 0.25) is 0 Å². The lowest BCUT2D eigenvalue weighted by Crippen LogP contribution is -2.09. The molecule has 3 rings (SSSR count). The van der Waals surface area contributed by atoms with E-state index in [1.54, 1.807) is 12.4 Å². The molecule has 3 aromatic heterocycles. The lowest BCUT2D eigenvalue weighted by atomic mass is 10.1.